The van der Waals surface area contributed by atoms with Gasteiger partial charge in [-0.2, -0.15) is 0 Å². The van der Waals surface area contributed by atoms with Gasteiger partial charge >= 0.3 is 0 Å². The topological polar surface area (TPSA) is 55.8 Å². The number of carbonyl (C=O) groups is 1. The summed E-state index contributed by atoms with van der Waals surface area (Å²) in [6.07, 6.45) is 0. The molecule has 0 saturated carbocycles. The summed E-state index contributed by atoms with van der Waals surface area (Å²) in [5.74, 6) is 2.74. The van der Waals surface area contributed by atoms with Gasteiger partial charge in [0.1, 0.15) is 11.6 Å². The van der Waals surface area contributed by atoms with E-state index in [-0.39, 0.29) is 5.91 Å². The third kappa shape index (κ3) is 6.57. The van der Waals surface area contributed by atoms with Crippen LogP contribution in [0.15, 0.2) is 96.2 Å². The number of piperazine rings is 1. The first-order valence-corrected chi connectivity index (χ1v) is 14.7. The molecule has 3 aromatic carbocycles. The third-order valence-corrected chi connectivity index (χ3v) is 7.88. The fourth-order valence-corrected chi connectivity index (χ4v) is 5.42. The van der Waals surface area contributed by atoms with Gasteiger partial charge in [-0.15, -0.1) is 0 Å². The zero-order chi connectivity index (χ0) is 27.9. The smallest absolute Gasteiger partial charge is 0.253 e. The van der Waals surface area contributed by atoms with Gasteiger partial charge in [-0.25, -0.2) is 9.97 Å². The molecule has 206 valence electrons. The van der Waals surface area contributed by atoms with Gasteiger partial charge in [0.25, 0.3) is 5.91 Å². The number of benzene rings is 3. The van der Waals surface area contributed by atoms with Crippen LogP contribution < -0.4 is 14.7 Å². The Balaban J connectivity index is 1.29. The highest BCUT2D eigenvalue weighted by atomic mass is 32.2. The van der Waals surface area contributed by atoms with Crippen LogP contribution in [0, 0.1) is 0 Å². The molecule has 0 atom stereocenters. The molecule has 5 rings (SSSR count). The number of amides is 1. The zero-order valence-electron chi connectivity index (χ0n) is 23.4. The fraction of sp³-hybridized carbons (Fsp3) is 0.281. The average Bonchev–Trinajstić information content (AvgIpc) is 3.01. The van der Waals surface area contributed by atoms with Gasteiger partial charge in [0.05, 0.1) is 0 Å². The zero-order valence-corrected chi connectivity index (χ0v) is 24.2. The van der Waals surface area contributed by atoms with Crippen LogP contribution in [0.2, 0.25) is 0 Å². The molecule has 40 heavy (non-hydrogen) atoms. The van der Waals surface area contributed by atoms with Crippen molar-refractivity contribution in [3.05, 3.63) is 102 Å². The highest BCUT2D eigenvalue weighted by Gasteiger charge is 2.24. The number of hydrogen-bond acceptors (Lipinski definition) is 7. The van der Waals surface area contributed by atoms with Crippen molar-refractivity contribution in [2.75, 3.05) is 60.7 Å². The highest BCUT2D eigenvalue weighted by molar-refractivity contribution is 7.99. The van der Waals surface area contributed by atoms with Crippen molar-refractivity contribution < 1.29 is 4.79 Å². The van der Waals surface area contributed by atoms with Gasteiger partial charge in [0.2, 0.25) is 0 Å². The predicted octanol–water partition coefficient (Wildman–Crippen LogP) is 5.96. The molecule has 0 aliphatic carbocycles. The van der Waals surface area contributed by atoms with Crippen LogP contribution in [0.5, 0.6) is 0 Å². The lowest BCUT2D eigenvalue weighted by Gasteiger charge is -2.36. The predicted molar refractivity (Wildman–Crippen MR) is 166 cm³/mol. The van der Waals surface area contributed by atoms with Crippen molar-refractivity contribution in [3.63, 3.8) is 0 Å². The number of hydrogen-bond donors (Lipinski definition) is 0. The maximum Gasteiger partial charge on any atom is 0.253 e. The number of carbonyl (C=O) groups excluding carboxylic acids is 1. The van der Waals surface area contributed by atoms with Crippen molar-refractivity contribution >= 4 is 40.7 Å². The molecule has 8 heteroatoms. The molecule has 1 amide bonds. The molecule has 0 spiro atoms. The summed E-state index contributed by atoms with van der Waals surface area (Å²) in [6.45, 7) is 5.76. The van der Waals surface area contributed by atoms with Crippen LogP contribution in [0.3, 0.4) is 0 Å². The molecule has 1 aromatic heterocycles. The van der Waals surface area contributed by atoms with Gasteiger partial charge in [-0.05, 0) is 47.7 Å². The highest BCUT2D eigenvalue weighted by Crippen LogP contribution is 2.30. The van der Waals surface area contributed by atoms with E-state index in [1.54, 1.807) is 11.8 Å². The summed E-state index contributed by atoms with van der Waals surface area (Å²) < 4.78 is 0. The van der Waals surface area contributed by atoms with Gasteiger partial charge in [-0.3, -0.25) is 4.79 Å². The Morgan fingerprint density at radius 3 is 2.10 bits per heavy atom. The first-order valence-electron chi connectivity index (χ1n) is 13.7. The van der Waals surface area contributed by atoms with E-state index in [1.165, 1.54) is 5.56 Å². The first-order chi connectivity index (χ1) is 19.5. The lowest BCUT2D eigenvalue weighted by Crippen LogP contribution is -2.49. The van der Waals surface area contributed by atoms with Gasteiger partial charge in [-0.1, -0.05) is 67.2 Å². The monoisotopic (exact) mass is 552 g/mol. The Kier molecular flexibility index (Phi) is 8.86. The van der Waals surface area contributed by atoms with E-state index in [9.17, 15) is 4.79 Å². The fourth-order valence-electron chi connectivity index (χ4n) is 4.84. The minimum atomic E-state index is 0.0865. The van der Waals surface area contributed by atoms with Crippen molar-refractivity contribution in [3.8, 4) is 0 Å². The molecule has 2 heterocycles. The van der Waals surface area contributed by atoms with Crippen LogP contribution in [0.25, 0.3) is 0 Å². The number of rotatable bonds is 9. The molecule has 7 nitrogen and oxygen atoms in total. The number of thioether (sulfide) groups is 1. The summed E-state index contributed by atoms with van der Waals surface area (Å²) in [4.78, 5) is 31.2. The second kappa shape index (κ2) is 12.9. The van der Waals surface area contributed by atoms with Crippen molar-refractivity contribution in [2.24, 2.45) is 0 Å². The van der Waals surface area contributed by atoms with Gasteiger partial charge in [0.15, 0.2) is 5.16 Å². The largest absolute Gasteiger partial charge is 0.370 e. The quantitative estimate of drug-likeness (QED) is 0.188. The van der Waals surface area contributed by atoms with E-state index >= 15 is 0 Å². The summed E-state index contributed by atoms with van der Waals surface area (Å²) in [5, 5.41) is 0.767. The van der Waals surface area contributed by atoms with Crippen molar-refractivity contribution in [1.82, 2.24) is 14.9 Å². The maximum atomic E-state index is 12.9. The molecule has 0 unspecified atom stereocenters. The lowest BCUT2D eigenvalue weighted by molar-refractivity contribution is 0.0746. The second-order valence-corrected chi connectivity index (χ2v) is 11.1. The molecule has 0 N–H and O–H groups in total. The first kappa shape index (κ1) is 27.5. The Labute approximate surface area is 241 Å². The minimum absolute atomic E-state index is 0.0865. The third-order valence-electron chi connectivity index (χ3n) is 7.15. The van der Waals surface area contributed by atoms with Crippen LogP contribution in [0.1, 0.15) is 22.8 Å². The van der Waals surface area contributed by atoms with E-state index in [0.717, 1.165) is 59.1 Å². The van der Waals surface area contributed by atoms with E-state index in [0.29, 0.717) is 13.1 Å². The molecule has 0 radical (unpaired) electrons. The average molecular weight is 553 g/mol. The van der Waals surface area contributed by atoms with E-state index in [1.807, 2.05) is 48.3 Å². The molecule has 1 saturated heterocycles. The standard InChI is InChI=1S/C32H36N6OS/c1-4-40-32-33-29(36(3)28-17-15-27(16-18-28)35(2)24-25-11-7-5-8-12-25)23-30(34-32)37-19-21-38(22-20-37)31(39)26-13-9-6-10-14-26/h5-18,23H,4,19-22,24H2,1-3H3. The summed E-state index contributed by atoms with van der Waals surface area (Å²) in [7, 11) is 4.16. The van der Waals surface area contributed by atoms with Gasteiger partial charge in [0, 0.05) is 69.8 Å². The molecule has 1 aliphatic rings. The van der Waals surface area contributed by atoms with E-state index < -0.39 is 0 Å². The van der Waals surface area contributed by atoms with Crippen LogP contribution in [-0.4, -0.2) is 66.8 Å². The summed E-state index contributed by atoms with van der Waals surface area (Å²) >= 11 is 1.64. The van der Waals surface area contributed by atoms with Crippen LogP contribution in [0.4, 0.5) is 23.0 Å². The molecule has 1 aliphatic heterocycles. The SMILES string of the molecule is CCSc1nc(N2CCN(C(=O)c3ccccc3)CC2)cc(N(C)c2ccc(N(C)Cc3ccccc3)cc2)n1. The molecule has 0 bridgehead atoms. The number of anilines is 4. The number of aromatic nitrogens is 2. The Morgan fingerprint density at radius 2 is 1.45 bits per heavy atom. The molecular formula is C32H36N6OS. The Morgan fingerprint density at radius 1 is 0.825 bits per heavy atom. The lowest BCUT2D eigenvalue weighted by atomic mass is 10.2. The minimum Gasteiger partial charge on any atom is -0.370 e. The number of nitrogens with zero attached hydrogens (tertiary/aromatic N) is 6. The molecular weight excluding hydrogens is 516 g/mol. The van der Waals surface area contributed by atoms with E-state index in [2.05, 4.69) is 83.3 Å². The van der Waals surface area contributed by atoms with Crippen LogP contribution in [-0.2, 0) is 6.54 Å². The Bertz CT molecular complexity index is 1390. The van der Waals surface area contributed by atoms with Crippen LogP contribution >= 0.6 is 11.8 Å². The Hall–Kier alpha value is -4.04. The second-order valence-electron chi connectivity index (χ2n) is 9.86. The molecule has 1 fully saturated rings. The van der Waals surface area contributed by atoms with E-state index in [4.69, 9.17) is 9.97 Å². The van der Waals surface area contributed by atoms with Gasteiger partial charge < -0.3 is 19.6 Å². The van der Waals surface area contributed by atoms with Crippen molar-refractivity contribution in [2.45, 2.75) is 18.6 Å². The summed E-state index contributed by atoms with van der Waals surface area (Å²) in [6, 6.07) is 30.7. The molecule has 4 aromatic rings. The summed E-state index contributed by atoms with van der Waals surface area (Å²) in [5.41, 5.74) is 4.24. The van der Waals surface area contributed by atoms with Crippen molar-refractivity contribution in [1.29, 1.82) is 0 Å². The normalized spacial score (nSPS) is 13.3. The maximum absolute atomic E-state index is 12.9.